The minimum absolute atomic E-state index is 0.151. The summed E-state index contributed by atoms with van der Waals surface area (Å²) < 4.78 is 11.6. The number of aryl methyl sites for hydroxylation is 1. The first-order valence-electron chi connectivity index (χ1n) is 9.09. The number of nitrogens with one attached hydrogen (secondary N) is 1. The summed E-state index contributed by atoms with van der Waals surface area (Å²) in [6.45, 7) is 1.80. The second-order valence-electron chi connectivity index (χ2n) is 6.36. The summed E-state index contributed by atoms with van der Waals surface area (Å²) in [5, 5.41) is 3.90. The molecular formula is C23H19BrN2O4. The van der Waals surface area contributed by atoms with Gasteiger partial charge in [0.15, 0.2) is 6.61 Å². The standard InChI is InChI=1S/C23H19BrN2O4/c1-16-5-9-18(10-6-16)23(28)30-20-11-7-17(8-12-20)14-25-26-22(27)15-29-21-4-2-3-19(24)13-21/h2-14H,15H2,1H3,(H,26,27)/b25-14+. The van der Waals surface area contributed by atoms with E-state index >= 15 is 0 Å². The van der Waals surface area contributed by atoms with Crippen LogP contribution in [-0.4, -0.2) is 24.7 Å². The first-order chi connectivity index (χ1) is 14.5. The van der Waals surface area contributed by atoms with Gasteiger partial charge in [0.2, 0.25) is 0 Å². The zero-order chi connectivity index (χ0) is 21.3. The van der Waals surface area contributed by atoms with E-state index in [9.17, 15) is 9.59 Å². The molecule has 0 saturated heterocycles. The predicted octanol–water partition coefficient (Wildman–Crippen LogP) is 4.51. The van der Waals surface area contributed by atoms with Crippen molar-refractivity contribution in [2.75, 3.05) is 6.61 Å². The second kappa shape index (κ2) is 10.4. The number of hydrazone groups is 1. The van der Waals surface area contributed by atoms with Gasteiger partial charge in [0.05, 0.1) is 11.8 Å². The summed E-state index contributed by atoms with van der Waals surface area (Å²) >= 11 is 3.34. The van der Waals surface area contributed by atoms with Crippen molar-refractivity contribution < 1.29 is 19.1 Å². The van der Waals surface area contributed by atoms with Gasteiger partial charge in [0.1, 0.15) is 11.5 Å². The highest BCUT2D eigenvalue weighted by molar-refractivity contribution is 9.10. The maximum Gasteiger partial charge on any atom is 0.343 e. The van der Waals surface area contributed by atoms with Crippen LogP contribution in [0.25, 0.3) is 0 Å². The van der Waals surface area contributed by atoms with E-state index in [1.807, 2.05) is 31.2 Å². The lowest BCUT2D eigenvalue weighted by molar-refractivity contribution is -0.123. The second-order valence-corrected chi connectivity index (χ2v) is 7.28. The number of carbonyl (C=O) groups excluding carboxylic acids is 2. The molecule has 0 aliphatic rings. The van der Waals surface area contributed by atoms with Crippen molar-refractivity contribution in [3.63, 3.8) is 0 Å². The lowest BCUT2D eigenvalue weighted by Gasteiger charge is -2.05. The third kappa shape index (κ3) is 6.56. The normalized spacial score (nSPS) is 10.6. The molecule has 0 aliphatic heterocycles. The first-order valence-corrected chi connectivity index (χ1v) is 9.88. The van der Waals surface area contributed by atoms with Crippen LogP contribution in [0, 0.1) is 6.92 Å². The Kier molecular flexibility index (Phi) is 7.34. The van der Waals surface area contributed by atoms with Crippen molar-refractivity contribution in [3.05, 3.63) is 94.0 Å². The van der Waals surface area contributed by atoms with Crippen LogP contribution in [0.2, 0.25) is 0 Å². The fourth-order valence-electron chi connectivity index (χ4n) is 2.39. The predicted molar refractivity (Wildman–Crippen MR) is 118 cm³/mol. The average Bonchev–Trinajstić information content (AvgIpc) is 2.74. The molecule has 0 spiro atoms. The van der Waals surface area contributed by atoms with Gasteiger partial charge in [0, 0.05) is 4.47 Å². The van der Waals surface area contributed by atoms with Crippen LogP contribution >= 0.6 is 15.9 Å². The van der Waals surface area contributed by atoms with Crippen molar-refractivity contribution >= 4 is 34.0 Å². The molecule has 3 rings (SSSR count). The van der Waals surface area contributed by atoms with Gasteiger partial charge in [-0.3, -0.25) is 4.79 Å². The van der Waals surface area contributed by atoms with Gasteiger partial charge < -0.3 is 9.47 Å². The molecule has 0 aliphatic carbocycles. The molecule has 0 fully saturated rings. The molecule has 3 aromatic rings. The molecular weight excluding hydrogens is 448 g/mol. The van der Waals surface area contributed by atoms with Crippen LogP contribution < -0.4 is 14.9 Å². The zero-order valence-corrected chi connectivity index (χ0v) is 17.8. The van der Waals surface area contributed by atoms with E-state index in [1.54, 1.807) is 48.5 Å². The van der Waals surface area contributed by atoms with E-state index < -0.39 is 5.97 Å². The Bertz CT molecular complexity index is 1050. The minimum Gasteiger partial charge on any atom is -0.484 e. The molecule has 0 heterocycles. The molecule has 0 unspecified atom stereocenters. The van der Waals surface area contributed by atoms with E-state index in [0.29, 0.717) is 17.1 Å². The van der Waals surface area contributed by atoms with Gasteiger partial charge in [-0.1, -0.05) is 39.7 Å². The first kappa shape index (κ1) is 21.3. The molecule has 7 heteroatoms. The Balaban J connectivity index is 1.46. The molecule has 1 N–H and O–H groups in total. The van der Waals surface area contributed by atoms with E-state index in [1.165, 1.54) is 6.21 Å². The van der Waals surface area contributed by atoms with E-state index in [0.717, 1.165) is 15.6 Å². The zero-order valence-electron chi connectivity index (χ0n) is 16.2. The summed E-state index contributed by atoms with van der Waals surface area (Å²) in [5.74, 6) is 0.201. The van der Waals surface area contributed by atoms with Crippen LogP contribution in [0.15, 0.2) is 82.4 Å². The molecule has 0 saturated carbocycles. The highest BCUT2D eigenvalue weighted by Crippen LogP contribution is 2.17. The summed E-state index contributed by atoms with van der Waals surface area (Å²) in [4.78, 5) is 23.9. The van der Waals surface area contributed by atoms with Crippen LogP contribution in [0.3, 0.4) is 0 Å². The maximum atomic E-state index is 12.1. The molecule has 0 bridgehead atoms. The molecule has 0 aromatic heterocycles. The number of halogens is 1. The lowest BCUT2D eigenvalue weighted by atomic mass is 10.1. The number of nitrogens with zero attached hydrogens (tertiary/aromatic N) is 1. The van der Waals surface area contributed by atoms with Gasteiger partial charge in [0.25, 0.3) is 5.91 Å². The third-order valence-electron chi connectivity index (χ3n) is 3.95. The summed E-state index contributed by atoms with van der Waals surface area (Å²) in [6, 6.07) is 21.1. The Morgan fingerprint density at radius 3 is 2.43 bits per heavy atom. The smallest absolute Gasteiger partial charge is 0.343 e. The molecule has 0 atom stereocenters. The molecule has 3 aromatic carbocycles. The number of rotatable bonds is 7. The Hall–Kier alpha value is -3.45. The largest absolute Gasteiger partial charge is 0.484 e. The van der Waals surface area contributed by atoms with Crippen LogP contribution in [0.4, 0.5) is 0 Å². The number of hydrogen-bond acceptors (Lipinski definition) is 5. The van der Waals surface area contributed by atoms with E-state index in [2.05, 4.69) is 26.5 Å². The minimum atomic E-state index is -0.422. The third-order valence-corrected chi connectivity index (χ3v) is 4.44. The summed E-state index contributed by atoms with van der Waals surface area (Å²) in [6.07, 6.45) is 1.49. The Morgan fingerprint density at radius 2 is 1.73 bits per heavy atom. The average molecular weight is 467 g/mol. The lowest BCUT2D eigenvalue weighted by Crippen LogP contribution is -2.24. The quantitative estimate of drug-likeness (QED) is 0.240. The molecule has 6 nitrogen and oxygen atoms in total. The van der Waals surface area contributed by atoms with Crippen LogP contribution in [0.5, 0.6) is 11.5 Å². The van der Waals surface area contributed by atoms with Gasteiger partial charge in [-0.15, -0.1) is 0 Å². The monoisotopic (exact) mass is 466 g/mol. The SMILES string of the molecule is Cc1ccc(C(=O)Oc2ccc(/C=N/NC(=O)COc3cccc(Br)c3)cc2)cc1. The maximum absolute atomic E-state index is 12.1. The van der Waals surface area contributed by atoms with Crippen LogP contribution in [0.1, 0.15) is 21.5 Å². The van der Waals surface area contributed by atoms with E-state index in [4.69, 9.17) is 9.47 Å². The van der Waals surface area contributed by atoms with Gasteiger partial charge in [-0.05, 0) is 67.1 Å². The summed E-state index contributed by atoms with van der Waals surface area (Å²) in [5.41, 5.74) is 4.69. The Labute approximate surface area is 182 Å². The van der Waals surface area contributed by atoms with Crippen molar-refractivity contribution in [1.82, 2.24) is 5.43 Å². The van der Waals surface area contributed by atoms with Crippen molar-refractivity contribution in [2.45, 2.75) is 6.92 Å². The fraction of sp³-hybridized carbons (Fsp3) is 0.0870. The topological polar surface area (TPSA) is 77.0 Å². The molecule has 0 radical (unpaired) electrons. The number of carbonyl (C=O) groups is 2. The van der Waals surface area contributed by atoms with E-state index in [-0.39, 0.29) is 12.5 Å². The number of benzene rings is 3. The highest BCUT2D eigenvalue weighted by atomic mass is 79.9. The van der Waals surface area contributed by atoms with Crippen molar-refractivity contribution in [3.8, 4) is 11.5 Å². The summed E-state index contributed by atoms with van der Waals surface area (Å²) in [7, 11) is 0. The molecule has 152 valence electrons. The van der Waals surface area contributed by atoms with Gasteiger partial charge in [-0.25, -0.2) is 10.2 Å². The fourth-order valence-corrected chi connectivity index (χ4v) is 2.77. The van der Waals surface area contributed by atoms with Crippen molar-refractivity contribution in [2.24, 2.45) is 5.10 Å². The number of esters is 1. The number of hydrogen-bond donors (Lipinski definition) is 1. The van der Waals surface area contributed by atoms with Crippen LogP contribution in [-0.2, 0) is 4.79 Å². The highest BCUT2D eigenvalue weighted by Gasteiger charge is 2.08. The molecule has 1 amide bonds. The van der Waals surface area contributed by atoms with Gasteiger partial charge >= 0.3 is 5.97 Å². The number of amides is 1. The van der Waals surface area contributed by atoms with Crippen molar-refractivity contribution in [1.29, 1.82) is 0 Å². The molecule has 30 heavy (non-hydrogen) atoms. The number of ether oxygens (including phenoxy) is 2. The van der Waals surface area contributed by atoms with Gasteiger partial charge in [-0.2, -0.15) is 5.10 Å². The Morgan fingerprint density at radius 1 is 1.00 bits per heavy atom.